The number of rotatable bonds is 7. The molecular formula is C16H32N2O2. The molecule has 1 heterocycles. The van der Waals surface area contributed by atoms with Gasteiger partial charge in [0.05, 0.1) is 12.1 Å². The number of unbranched alkanes of at least 4 members (excludes halogenated alkanes) is 3. The Hall–Kier alpha value is -0.610. The molecule has 0 bridgehead atoms. The lowest BCUT2D eigenvalue weighted by Gasteiger charge is -2.30. The van der Waals surface area contributed by atoms with Crippen LogP contribution in [0.2, 0.25) is 0 Å². The van der Waals surface area contributed by atoms with Crippen LogP contribution in [0.5, 0.6) is 0 Å². The Balaban J connectivity index is 2.54. The Morgan fingerprint density at radius 2 is 2.05 bits per heavy atom. The number of β-amino-alcohol motifs (C(OH)–C–C–N with tert-alkyl or cyclic N) is 1. The molecule has 1 saturated heterocycles. The lowest BCUT2D eigenvalue weighted by molar-refractivity contribution is -0.133. The lowest BCUT2D eigenvalue weighted by atomic mass is 10.0. The highest BCUT2D eigenvalue weighted by Gasteiger charge is 2.31. The number of hydrogen-bond acceptors (Lipinski definition) is 3. The number of carbonyl (C=O) groups is 1. The molecule has 1 fully saturated rings. The summed E-state index contributed by atoms with van der Waals surface area (Å²) in [6.45, 7) is 9.67. The minimum absolute atomic E-state index is 0.0660. The van der Waals surface area contributed by atoms with Crippen molar-refractivity contribution in [3.8, 4) is 0 Å². The van der Waals surface area contributed by atoms with E-state index in [1.165, 1.54) is 19.3 Å². The summed E-state index contributed by atoms with van der Waals surface area (Å²) in [6.07, 6.45) is 5.99. The van der Waals surface area contributed by atoms with E-state index in [0.29, 0.717) is 19.5 Å². The average Bonchev–Trinajstić information content (AvgIpc) is 2.77. The monoisotopic (exact) mass is 284 g/mol. The molecule has 2 unspecified atom stereocenters. The molecule has 1 rings (SSSR count). The van der Waals surface area contributed by atoms with Crippen molar-refractivity contribution in [3.63, 3.8) is 0 Å². The second-order valence-corrected chi connectivity index (χ2v) is 7.02. The van der Waals surface area contributed by atoms with Gasteiger partial charge in [0.1, 0.15) is 0 Å². The zero-order chi connectivity index (χ0) is 15.2. The molecule has 118 valence electrons. The summed E-state index contributed by atoms with van der Waals surface area (Å²) in [4.78, 5) is 14.4. The van der Waals surface area contributed by atoms with Gasteiger partial charge >= 0.3 is 0 Å². The standard InChI is InChI=1S/C16H32N2O2/c1-5-6-7-8-9-14(17-16(2,3)4)15(20)18-11-10-13(19)12-18/h13-14,17,19H,5-12H2,1-4H3. The van der Waals surface area contributed by atoms with Crippen LogP contribution in [0.4, 0.5) is 0 Å². The zero-order valence-corrected chi connectivity index (χ0v) is 13.6. The first-order valence-corrected chi connectivity index (χ1v) is 8.08. The van der Waals surface area contributed by atoms with E-state index in [-0.39, 0.29) is 23.6 Å². The van der Waals surface area contributed by atoms with Crippen molar-refractivity contribution < 1.29 is 9.90 Å². The number of aliphatic hydroxyl groups excluding tert-OH is 1. The Bertz CT molecular complexity index is 299. The van der Waals surface area contributed by atoms with Gasteiger partial charge in [-0.25, -0.2) is 0 Å². The van der Waals surface area contributed by atoms with Crippen LogP contribution in [0.3, 0.4) is 0 Å². The van der Waals surface area contributed by atoms with Crippen LogP contribution >= 0.6 is 0 Å². The topological polar surface area (TPSA) is 52.6 Å². The van der Waals surface area contributed by atoms with Gasteiger partial charge in [0, 0.05) is 18.6 Å². The first-order chi connectivity index (χ1) is 9.33. The summed E-state index contributed by atoms with van der Waals surface area (Å²) in [5.41, 5.74) is -0.0660. The molecule has 20 heavy (non-hydrogen) atoms. The molecule has 0 spiro atoms. The third-order valence-electron chi connectivity index (χ3n) is 3.73. The molecule has 2 atom stereocenters. The fourth-order valence-electron chi connectivity index (χ4n) is 2.72. The van der Waals surface area contributed by atoms with Gasteiger partial charge < -0.3 is 15.3 Å². The molecule has 4 heteroatoms. The van der Waals surface area contributed by atoms with Gasteiger partial charge in [-0.15, -0.1) is 0 Å². The van der Waals surface area contributed by atoms with Crippen LogP contribution < -0.4 is 5.32 Å². The Morgan fingerprint density at radius 1 is 1.35 bits per heavy atom. The van der Waals surface area contributed by atoms with Gasteiger partial charge in [0.25, 0.3) is 0 Å². The van der Waals surface area contributed by atoms with E-state index >= 15 is 0 Å². The maximum Gasteiger partial charge on any atom is 0.239 e. The summed E-state index contributed by atoms with van der Waals surface area (Å²) in [6, 6.07) is -0.114. The van der Waals surface area contributed by atoms with Crippen LogP contribution in [0.25, 0.3) is 0 Å². The van der Waals surface area contributed by atoms with Crippen molar-refractivity contribution in [1.29, 1.82) is 0 Å². The number of aliphatic hydroxyl groups is 1. The second kappa shape index (κ2) is 7.99. The van der Waals surface area contributed by atoms with Gasteiger partial charge in [-0.05, 0) is 33.6 Å². The summed E-state index contributed by atoms with van der Waals surface area (Å²) in [5, 5.41) is 13.0. The highest BCUT2D eigenvalue weighted by atomic mass is 16.3. The fraction of sp³-hybridized carbons (Fsp3) is 0.938. The largest absolute Gasteiger partial charge is 0.391 e. The lowest BCUT2D eigenvalue weighted by Crippen LogP contribution is -2.52. The third-order valence-corrected chi connectivity index (χ3v) is 3.73. The Kier molecular flexibility index (Phi) is 6.96. The Morgan fingerprint density at radius 3 is 2.55 bits per heavy atom. The first-order valence-electron chi connectivity index (χ1n) is 8.08. The smallest absolute Gasteiger partial charge is 0.239 e. The number of amides is 1. The number of likely N-dealkylation sites (tertiary alicyclic amines) is 1. The van der Waals surface area contributed by atoms with Crippen molar-refractivity contribution in [2.24, 2.45) is 0 Å². The molecule has 2 N–H and O–H groups in total. The van der Waals surface area contributed by atoms with E-state index in [9.17, 15) is 9.90 Å². The minimum atomic E-state index is -0.339. The molecule has 0 radical (unpaired) electrons. The summed E-state index contributed by atoms with van der Waals surface area (Å²) >= 11 is 0. The van der Waals surface area contributed by atoms with Gasteiger partial charge in [0.15, 0.2) is 0 Å². The predicted molar refractivity (Wildman–Crippen MR) is 82.6 cm³/mol. The molecule has 0 aliphatic carbocycles. The van der Waals surface area contributed by atoms with Crippen molar-refractivity contribution >= 4 is 5.91 Å². The number of nitrogens with one attached hydrogen (secondary N) is 1. The molecule has 1 aliphatic rings. The molecule has 1 aliphatic heterocycles. The van der Waals surface area contributed by atoms with Gasteiger partial charge in [-0.3, -0.25) is 4.79 Å². The maximum absolute atomic E-state index is 12.6. The van der Waals surface area contributed by atoms with Crippen LogP contribution in [-0.4, -0.2) is 46.7 Å². The zero-order valence-electron chi connectivity index (χ0n) is 13.6. The van der Waals surface area contributed by atoms with Crippen molar-refractivity contribution in [1.82, 2.24) is 10.2 Å². The van der Waals surface area contributed by atoms with Crippen LogP contribution in [0, 0.1) is 0 Å². The van der Waals surface area contributed by atoms with Gasteiger partial charge in [-0.1, -0.05) is 32.6 Å². The molecule has 0 aromatic heterocycles. The van der Waals surface area contributed by atoms with Crippen molar-refractivity contribution in [2.45, 2.75) is 83.9 Å². The second-order valence-electron chi connectivity index (χ2n) is 7.02. The molecule has 1 amide bonds. The quantitative estimate of drug-likeness (QED) is 0.705. The van der Waals surface area contributed by atoms with Crippen LogP contribution in [0.15, 0.2) is 0 Å². The SMILES string of the molecule is CCCCCCC(NC(C)(C)C)C(=O)N1CCC(O)C1. The van der Waals surface area contributed by atoms with E-state index in [2.05, 4.69) is 33.0 Å². The average molecular weight is 284 g/mol. The normalized spacial score (nSPS) is 21.2. The molecule has 0 aromatic carbocycles. The highest BCUT2D eigenvalue weighted by Crippen LogP contribution is 2.16. The summed E-state index contributed by atoms with van der Waals surface area (Å²) in [5.74, 6) is 0.160. The van der Waals surface area contributed by atoms with Crippen LogP contribution in [0.1, 0.15) is 66.2 Å². The number of hydrogen-bond donors (Lipinski definition) is 2. The van der Waals surface area contributed by atoms with E-state index in [0.717, 1.165) is 12.8 Å². The predicted octanol–water partition coefficient (Wildman–Crippen LogP) is 2.31. The Labute approximate surface area is 123 Å². The van der Waals surface area contributed by atoms with E-state index in [1.807, 2.05) is 4.90 Å². The number of nitrogens with zero attached hydrogens (tertiary/aromatic N) is 1. The maximum atomic E-state index is 12.6. The molecular weight excluding hydrogens is 252 g/mol. The highest BCUT2D eigenvalue weighted by molar-refractivity contribution is 5.82. The minimum Gasteiger partial charge on any atom is -0.391 e. The van der Waals surface area contributed by atoms with Gasteiger partial charge in [0.2, 0.25) is 5.91 Å². The fourth-order valence-corrected chi connectivity index (χ4v) is 2.72. The van der Waals surface area contributed by atoms with Crippen molar-refractivity contribution in [2.75, 3.05) is 13.1 Å². The van der Waals surface area contributed by atoms with Crippen molar-refractivity contribution in [3.05, 3.63) is 0 Å². The van der Waals surface area contributed by atoms with Crippen LogP contribution in [-0.2, 0) is 4.79 Å². The number of carbonyl (C=O) groups excluding carboxylic acids is 1. The summed E-state index contributed by atoms with van der Waals surface area (Å²) < 4.78 is 0. The summed E-state index contributed by atoms with van der Waals surface area (Å²) in [7, 11) is 0. The molecule has 0 saturated carbocycles. The first kappa shape index (κ1) is 17.4. The third kappa shape index (κ3) is 6.23. The van der Waals surface area contributed by atoms with Gasteiger partial charge in [-0.2, -0.15) is 0 Å². The van der Waals surface area contributed by atoms with E-state index < -0.39 is 0 Å². The van der Waals surface area contributed by atoms with E-state index in [1.54, 1.807) is 0 Å². The molecule has 0 aromatic rings. The molecule has 4 nitrogen and oxygen atoms in total. The van der Waals surface area contributed by atoms with E-state index in [4.69, 9.17) is 0 Å².